The second kappa shape index (κ2) is 6.63. The highest BCUT2D eigenvalue weighted by atomic mass is 32.1. The van der Waals surface area contributed by atoms with Crippen LogP contribution in [-0.2, 0) is 17.9 Å². The standard InChI is InChI=1S/C11H11N5O2S/c17-3-1-2-9-4-10(19-7-9)5-12-11(18)6-16-8-13-14-15-16/h4,7-8,17H,3,5-6H2,(H,12,18). The molecular weight excluding hydrogens is 266 g/mol. The third-order valence-electron chi connectivity index (χ3n) is 2.12. The Hall–Kier alpha value is -2.24. The predicted molar refractivity (Wildman–Crippen MR) is 67.9 cm³/mol. The van der Waals surface area contributed by atoms with Gasteiger partial charge in [0.25, 0.3) is 0 Å². The van der Waals surface area contributed by atoms with Gasteiger partial charge in [-0.2, -0.15) is 0 Å². The number of aromatic nitrogens is 4. The fourth-order valence-electron chi connectivity index (χ4n) is 1.32. The molecule has 0 aliphatic carbocycles. The van der Waals surface area contributed by atoms with E-state index in [2.05, 4.69) is 32.7 Å². The summed E-state index contributed by atoms with van der Waals surface area (Å²) >= 11 is 1.50. The highest BCUT2D eigenvalue weighted by molar-refractivity contribution is 7.10. The van der Waals surface area contributed by atoms with Crippen LogP contribution in [0.3, 0.4) is 0 Å². The summed E-state index contributed by atoms with van der Waals surface area (Å²) in [5, 5.41) is 23.7. The molecule has 0 saturated carbocycles. The second-order valence-corrected chi connectivity index (χ2v) is 4.54. The maximum Gasteiger partial charge on any atom is 0.242 e. The first kappa shape index (κ1) is 13.2. The van der Waals surface area contributed by atoms with Gasteiger partial charge in [0.2, 0.25) is 5.91 Å². The van der Waals surface area contributed by atoms with Gasteiger partial charge in [0, 0.05) is 15.8 Å². The molecule has 2 N–H and O–H groups in total. The topological polar surface area (TPSA) is 92.9 Å². The van der Waals surface area contributed by atoms with Crippen LogP contribution in [0.15, 0.2) is 17.8 Å². The Morgan fingerprint density at radius 1 is 1.58 bits per heavy atom. The summed E-state index contributed by atoms with van der Waals surface area (Å²) in [5.41, 5.74) is 0.837. The molecule has 0 saturated heterocycles. The fourth-order valence-corrected chi connectivity index (χ4v) is 2.08. The number of aliphatic hydroxyl groups excluding tert-OH is 1. The van der Waals surface area contributed by atoms with Crippen molar-refractivity contribution in [3.05, 3.63) is 28.2 Å². The van der Waals surface area contributed by atoms with E-state index in [-0.39, 0.29) is 19.1 Å². The van der Waals surface area contributed by atoms with Crippen molar-refractivity contribution in [2.24, 2.45) is 0 Å². The lowest BCUT2D eigenvalue weighted by molar-refractivity contribution is -0.122. The van der Waals surface area contributed by atoms with Crippen LogP contribution in [0.4, 0.5) is 0 Å². The smallest absolute Gasteiger partial charge is 0.242 e. The van der Waals surface area contributed by atoms with Crippen LogP contribution >= 0.6 is 11.3 Å². The van der Waals surface area contributed by atoms with Crippen molar-refractivity contribution >= 4 is 17.2 Å². The van der Waals surface area contributed by atoms with E-state index in [4.69, 9.17) is 5.11 Å². The van der Waals surface area contributed by atoms with Gasteiger partial charge >= 0.3 is 0 Å². The van der Waals surface area contributed by atoms with E-state index in [9.17, 15) is 4.79 Å². The first-order chi connectivity index (χ1) is 9.28. The molecule has 0 aromatic carbocycles. The Morgan fingerprint density at radius 3 is 3.21 bits per heavy atom. The fraction of sp³-hybridized carbons (Fsp3) is 0.273. The third kappa shape index (κ3) is 4.17. The number of nitrogens with one attached hydrogen (secondary N) is 1. The van der Waals surface area contributed by atoms with Crippen LogP contribution in [0.1, 0.15) is 10.4 Å². The van der Waals surface area contributed by atoms with Crippen molar-refractivity contribution in [2.75, 3.05) is 6.61 Å². The number of carbonyl (C=O) groups excluding carboxylic acids is 1. The first-order valence-corrected chi connectivity index (χ1v) is 6.30. The lowest BCUT2D eigenvalue weighted by Crippen LogP contribution is -2.27. The van der Waals surface area contributed by atoms with Crippen molar-refractivity contribution in [2.45, 2.75) is 13.1 Å². The van der Waals surface area contributed by atoms with Crippen molar-refractivity contribution in [3.8, 4) is 11.8 Å². The summed E-state index contributed by atoms with van der Waals surface area (Å²) in [6.45, 7) is 0.371. The Labute approximate surface area is 113 Å². The summed E-state index contributed by atoms with van der Waals surface area (Å²) in [6.07, 6.45) is 1.38. The number of tetrazole rings is 1. The van der Waals surface area contributed by atoms with Gasteiger partial charge in [-0.05, 0) is 16.5 Å². The van der Waals surface area contributed by atoms with E-state index in [1.807, 2.05) is 11.4 Å². The van der Waals surface area contributed by atoms with E-state index in [1.165, 1.54) is 22.3 Å². The molecule has 2 aromatic rings. The second-order valence-electron chi connectivity index (χ2n) is 3.55. The van der Waals surface area contributed by atoms with E-state index >= 15 is 0 Å². The zero-order valence-corrected chi connectivity index (χ0v) is 10.7. The van der Waals surface area contributed by atoms with Crippen LogP contribution in [-0.4, -0.2) is 37.8 Å². The predicted octanol–water partition coefficient (Wildman–Crippen LogP) is -0.605. The number of carbonyl (C=O) groups is 1. The number of hydrogen-bond donors (Lipinski definition) is 2. The molecule has 8 heteroatoms. The number of aliphatic hydroxyl groups is 1. The molecule has 0 bridgehead atoms. The van der Waals surface area contributed by atoms with Crippen LogP contribution in [0.5, 0.6) is 0 Å². The maximum absolute atomic E-state index is 11.6. The number of amides is 1. The first-order valence-electron chi connectivity index (χ1n) is 5.42. The number of nitrogens with zero attached hydrogens (tertiary/aromatic N) is 4. The molecule has 2 heterocycles. The third-order valence-corrected chi connectivity index (χ3v) is 3.06. The Bertz CT molecular complexity index is 596. The number of hydrogen-bond acceptors (Lipinski definition) is 6. The van der Waals surface area contributed by atoms with Crippen LogP contribution in [0, 0.1) is 11.8 Å². The molecule has 0 unspecified atom stereocenters. The van der Waals surface area contributed by atoms with Gasteiger partial charge in [0.05, 0.1) is 6.54 Å². The average molecular weight is 277 g/mol. The van der Waals surface area contributed by atoms with Gasteiger partial charge in [-0.25, -0.2) is 4.68 Å². The molecule has 0 aliphatic heterocycles. The molecule has 7 nitrogen and oxygen atoms in total. The maximum atomic E-state index is 11.6. The molecule has 0 aliphatic rings. The highest BCUT2D eigenvalue weighted by Crippen LogP contribution is 2.13. The summed E-state index contributed by atoms with van der Waals surface area (Å²) in [7, 11) is 0. The van der Waals surface area contributed by atoms with Crippen LogP contribution in [0.2, 0.25) is 0 Å². The molecule has 98 valence electrons. The van der Waals surface area contributed by atoms with Gasteiger partial charge in [0.15, 0.2) is 0 Å². The lowest BCUT2D eigenvalue weighted by Gasteiger charge is -2.02. The number of thiophene rings is 1. The van der Waals surface area contributed by atoms with Gasteiger partial charge in [-0.1, -0.05) is 11.8 Å². The van der Waals surface area contributed by atoms with Crippen molar-refractivity contribution in [3.63, 3.8) is 0 Å². The Kier molecular flexibility index (Phi) is 4.60. The molecule has 0 fully saturated rings. The molecule has 0 radical (unpaired) electrons. The van der Waals surface area contributed by atoms with Crippen molar-refractivity contribution < 1.29 is 9.90 Å². The lowest BCUT2D eigenvalue weighted by atomic mass is 10.3. The summed E-state index contributed by atoms with van der Waals surface area (Å²) in [5.74, 6) is 5.21. The van der Waals surface area contributed by atoms with E-state index in [1.54, 1.807) is 0 Å². The monoisotopic (exact) mass is 277 g/mol. The van der Waals surface area contributed by atoms with Crippen molar-refractivity contribution in [1.82, 2.24) is 25.5 Å². The molecule has 2 aromatic heterocycles. The van der Waals surface area contributed by atoms with E-state index in [0.29, 0.717) is 6.54 Å². The zero-order chi connectivity index (χ0) is 13.5. The van der Waals surface area contributed by atoms with Gasteiger partial charge in [-0.3, -0.25) is 4.79 Å². The molecule has 1 amide bonds. The van der Waals surface area contributed by atoms with E-state index < -0.39 is 0 Å². The SMILES string of the molecule is O=C(Cn1cnnn1)NCc1cc(C#CCO)cs1. The normalized spacial score (nSPS) is 9.74. The Morgan fingerprint density at radius 2 is 2.47 bits per heavy atom. The molecule has 0 spiro atoms. The minimum Gasteiger partial charge on any atom is -0.384 e. The summed E-state index contributed by atoms with van der Waals surface area (Å²) in [4.78, 5) is 12.6. The van der Waals surface area contributed by atoms with Gasteiger partial charge < -0.3 is 10.4 Å². The minimum absolute atomic E-state index is 0.0928. The summed E-state index contributed by atoms with van der Waals surface area (Å²) < 4.78 is 1.35. The number of rotatable bonds is 4. The van der Waals surface area contributed by atoms with Gasteiger partial charge in [0.1, 0.15) is 19.5 Å². The van der Waals surface area contributed by atoms with Crippen LogP contribution < -0.4 is 5.32 Å². The van der Waals surface area contributed by atoms with Crippen LogP contribution in [0.25, 0.3) is 0 Å². The highest BCUT2D eigenvalue weighted by Gasteiger charge is 2.04. The van der Waals surface area contributed by atoms with E-state index in [0.717, 1.165) is 10.4 Å². The van der Waals surface area contributed by atoms with Gasteiger partial charge in [-0.15, -0.1) is 16.4 Å². The quantitative estimate of drug-likeness (QED) is 0.728. The minimum atomic E-state index is -0.163. The largest absolute Gasteiger partial charge is 0.384 e. The van der Waals surface area contributed by atoms with Crippen molar-refractivity contribution in [1.29, 1.82) is 0 Å². The summed E-state index contributed by atoms with van der Waals surface area (Å²) in [6, 6.07) is 1.88. The molecular formula is C11H11N5O2S. The molecule has 2 rings (SSSR count). The average Bonchev–Trinajstić information content (AvgIpc) is 3.05. The molecule has 19 heavy (non-hydrogen) atoms. The zero-order valence-electron chi connectivity index (χ0n) is 9.91. The Balaban J connectivity index is 1.81. The molecule has 0 atom stereocenters.